The Morgan fingerprint density at radius 1 is 1.59 bits per heavy atom. The van der Waals surface area contributed by atoms with Crippen molar-refractivity contribution < 1.29 is 9.84 Å². The van der Waals surface area contributed by atoms with Gasteiger partial charge in [-0.15, -0.1) is 0 Å². The molecule has 4 heteroatoms. The molecule has 4 nitrogen and oxygen atoms in total. The van der Waals surface area contributed by atoms with Gasteiger partial charge in [0.15, 0.2) is 0 Å². The molecule has 1 saturated heterocycles. The van der Waals surface area contributed by atoms with Crippen LogP contribution < -0.4 is 0 Å². The molecule has 1 aliphatic heterocycles. The van der Waals surface area contributed by atoms with Crippen LogP contribution >= 0.6 is 0 Å². The zero-order chi connectivity index (χ0) is 12.3. The van der Waals surface area contributed by atoms with Gasteiger partial charge in [0.05, 0.1) is 17.9 Å². The Morgan fingerprint density at radius 2 is 2.41 bits per heavy atom. The average Bonchev–Trinajstić information content (AvgIpc) is 2.88. The van der Waals surface area contributed by atoms with Crippen molar-refractivity contribution in [3.63, 3.8) is 0 Å². The van der Waals surface area contributed by atoms with Gasteiger partial charge in [-0.1, -0.05) is 0 Å². The Bertz CT molecular complexity index is 343. The summed E-state index contributed by atoms with van der Waals surface area (Å²) in [5.74, 6) is 0. The summed E-state index contributed by atoms with van der Waals surface area (Å²) in [6, 6.07) is 2.36. The van der Waals surface area contributed by atoms with Gasteiger partial charge < -0.3 is 9.84 Å². The third kappa shape index (κ3) is 3.54. The molecular formula is C13H22N2O2. The standard InChI is InChI=1S/C13H22N2O2/c1-10(2)15-6-5-11(14-15)8-12(16)9-13-4-3-7-17-13/h5-6,10,12-13,16H,3-4,7-9H2,1-2H3. The first-order valence-corrected chi connectivity index (χ1v) is 6.49. The number of aromatic nitrogens is 2. The Kier molecular flexibility index (Phi) is 4.18. The van der Waals surface area contributed by atoms with Crippen molar-refractivity contribution >= 4 is 0 Å². The van der Waals surface area contributed by atoms with Crippen LogP contribution in [0.15, 0.2) is 12.3 Å². The normalized spacial score (nSPS) is 22.2. The second-order valence-corrected chi connectivity index (χ2v) is 5.11. The van der Waals surface area contributed by atoms with Crippen LogP contribution in [0.2, 0.25) is 0 Å². The number of aliphatic hydroxyl groups is 1. The lowest BCUT2D eigenvalue weighted by Gasteiger charge is -2.14. The molecule has 0 radical (unpaired) electrons. The molecule has 0 aromatic carbocycles. The van der Waals surface area contributed by atoms with E-state index in [-0.39, 0.29) is 12.2 Å². The predicted molar refractivity (Wildman–Crippen MR) is 65.9 cm³/mol. The van der Waals surface area contributed by atoms with Crippen LogP contribution in [0.4, 0.5) is 0 Å². The quantitative estimate of drug-likeness (QED) is 0.852. The molecule has 0 saturated carbocycles. The molecule has 1 fully saturated rings. The molecule has 2 rings (SSSR count). The van der Waals surface area contributed by atoms with Crippen molar-refractivity contribution in [3.8, 4) is 0 Å². The first-order valence-electron chi connectivity index (χ1n) is 6.49. The third-order valence-corrected chi connectivity index (χ3v) is 3.20. The molecule has 17 heavy (non-hydrogen) atoms. The van der Waals surface area contributed by atoms with Crippen molar-refractivity contribution in [2.75, 3.05) is 6.61 Å². The molecule has 2 atom stereocenters. The number of nitrogens with zero attached hydrogens (tertiary/aromatic N) is 2. The van der Waals surface area contributed by atoms with Crippen molar-refractivity contribution in [2.45, 2.75) is 57.8 Å². The lowest BCUT2D eigenvalue weighted by Crippen LogP contribution is -2.19. The van der Waals surface area contributed by atoms with Gasteiger partial charge in [0.25, 0.3) is 0 Å². The number of hydrogen-bond acceptors (Lipinski definition) is 3. The van der Waals surface area contributed by atoms with E-state index in [0.29, 0.717) is 12.5 Å². The Hall–Kier alpha value is -0.870. The van der Waals surface area contributed by atoms with Crippen LogP contribution in [0.25, 0.3) is 0 Å². The smallest absolute Gasteiger partial charge is 0.0650 e. The zero-order valence-corrected chi connectivity index (χ0v) is 10.7. The Morgan fingerprint density at radius 3 is 3.00 bits per heavy atom. The molecule has 0 aliphatic carbocycles. The van der Waals surface area contributed by atoms with E-state index in [1.807, 2.05) is 16.9 Å². The van der Waals surface area contributed by atoms with Crippen LogP contribution in [0, 0.1) is 0 Å². The number of ether oxygens (including phenoxy) is 1. The monoisotopic (exact) mass is 238 g/mol. The molecule has 2 heterocycles. The molecule has 96 valence electrons. The van der Waals surface area contributed by atoms with E-state index in [2.05, 4.69) is 18.9 Å². The van der Waals surface area contributed by atoms with E-state index in [9.17, 15) is 5.11 Å². The first-order chi connectivity index (χ1) is 8.15. The molecule has 1 aromatic heterocycles. The van der Waals surface area contributed by atoms with Crippen LogP contribution in [-0.4, -0.2) is 33.7 Å². The van der Waals surface area contributed by atoms with Gasteiger partial charge in [0.1, 0.15) is 0 Å². The highest BCUT2D eigenvalue weighted by Gasteiger charge is 2.20. The average molecular weight is 238 g/mol. The zero-order valence-electron chi connectivity index (χ0n) is 10.7. The highest BCUT2D eigenvalue weighted by atomic mass is 16.5. The number of hydrogen-bond donors (Lipinski definition) is 1. The van der Waals surface area contributed by atoms with Gasteiger partial charge >= 0.3 is 0 Å². The summed E-state index contributed by atoms with van der Waals surface area (Å²) in [4.78, 5) is 0. The molecule has 1 aromatic rings. The minimum absolute atomic E-state index is 0.247. The minimum atomic E-state index is -0.339. The first kappa shape index (κ1) is 12.6. The summed E-state index contributed by atoms with van der Waals surface area (Å²) in [6.45, 7) is 5.04. The highest BCUT2D eigenvalue weighted by Crippen LogP contribution is 2.18. The lowest BCUT2D eigenvalue weighted by molar-refractivity contribution is 0.0537. The maximum Gasteiger partial charge on any atom is 0.0650 e. The third-order valence-electron chi connectivity index (χ3n) is 3.20. The van der Waals surface area contributed by atoms with Crippen LogP contribution in [-0.2, 0) is 11.2 Å². The maximum atomic E-state index is 9.98. The fourth-order valence-corrected chi connectivity index (χ4v) is 2.23. The second kappa shape index (κ2) is 5.65. The summed E-state index contributed by atoms with van der Waals surface area (Å²) >= 11 is 0. The summed E-state index contributed by atoms with van der Waals surface area (Å²) in [6.07, 6.45) is 5.44. The van der Waals surface area contributed by atoms with Crippen molar-refractivity contribution in [1.29, 1.82) is 0 Å². The van der Waals surface area contributed by atoms with Gasteiger partial charge in [0.2, 0.25) is 0 Å². The van der Waals surface area contributed by atoms with Crippen LogP contribution in [0.3, 0.4) is 0 Å². The molecule has 0 bridgehead atoms. The number of rotatable bonds is 5. The Balaban J connectivity index is 1.82. The van der Waals surface area contributed by atoms with E-state index >= 15 is 0 Å². The fraction of sp³-hybridized carbons (Fsp3) is 0.769. The van der Waals surface area contributed by atoms with Gasteiger partial charge in [-0.05, 0) is 39.2 Å². The van der Waals surface area contributed by atoms with Crippen LogP contribution in [0.1, 0.15) is 44.8 Å². The van der Waals surface area contributed by atoms with Gasteiger partial charge in [-0.2, -0.15) is 5.10 Å². The van der Waals surface area contributed by atoms with Gasteiger partial charge in [-0.25, -0.2) is 0 Å². The van der Waals surface area contributed by atoms with E-state index in [0.717, 1.165) is 31.6 Å². The SMILES string of the molecule is CC(C)n1ccc(CC(O)CC2CCCO2)n1. The second-order valence-electron chi connectivity index (χ2n) is 5.11. The largest absolute Gasteiger partial charge is 0.393 e. The Labute approximate surface area is 103 Å². The van der Waals surface area contributed by atoms with E-state index in [1.54, 1.807) is 0 Å². The number of aliphatic hydroxyl groups excluding tert-OH is 1. The minimum Gasteiger partial charge on any atom is -0.393 e. The summed E-state index contributed by atoms with van der Waals surface area (Å²) in [5, 5.41) is 14.4. The van der Waals surface area contributed by atoms with Gasteiger partial charge in [0, 0.05) is 25.3 Å². The summed E-state index contributed by atoms with van der Waals surface area (Å²) < 4.78 is 7.44. The maximum absolute atomic E-state index is 9.98. The van der Waals surface area contributed by atoms with E-state index in [1.165, 1.54) is 0 Å². The van der Waals surface area contributed by atoms with Crippen molar-refractivity contribution in [2.24, 2.45) is 0 Å². The molecule has 1 N–H and O–H groups in total. The van der Waals surface area contributed by atoms with E-state index < -0.39 is 0 Å². The lowest BCUT2D eigenvalue weighted by atomic mass is 10.1. The molecule has 1 aliphatic rings. The topological polar surface area (TPSA) is 47.3 Å². The fourth-order valence-electron chi connectivity index (χ4n) is 2.23. The molecular weight excluding hydrogens is 216 g/mol. The molecule has 2 unspecified atom stereocenters. The van der Waals surface area contributed by atoms with Gasteiger partial charge in [-0.3, -0.25) is 4.68 Å². The molecule has 0 amide bonds. The van der Waals surface area contributed by atoms with E-state index in [4.69, 9.17) is 4.74 Å². The molecule has 0 spiro atoms. The van der Waals surface area contributed by atoms with Crippen molar-refractivity contribution in [3.05, 3.63) is 18.0 Å². The van der Waals surface area contributed by atoms with Crippen molar-refractivity contribution in [1.82, 2.24) is 9.78 Å². The summed E-state index contributed by atoms with van der Waals surface area (Å²) in [5.41, 5.74) is 0.962. The summed E-state index contributed by atoms with van der Waals surface area (Å²) in [7, 11) is 0. The van der Waals surface area contributed by atoms with Crippen LogP contribution in [0.5, 0.6) is 0 Å². The predicted octanol–water partition coefficient (Wildman–Crippen LogP) is 1.94. The highest BCUT2D eigenvalue weighted by molar-refractivity contribution is 5.01.